The minimum atomic E-state index is -0.431. The first-order chi connectivity index (χ1) is 17.1. The number of likely N-dealkylation sites (tertiary alicyclic amines) is 1. The minimum absolute atomic E-state index is 0.0319. The van der Waals surface area contributed by atoms with Crippen molar-refractivity contribution < 1.29 is 9.59 Å². The third-order valence-corrected chi connectivity index (χ3v) is 7.39. The lowest BCUT2D eigenvalue weighted by atomic mass is 9.84. The average Bonchev–Trinajstić information content (AvgIpc) is 3.29. The van der Waals surface area contributed by atoms with Gasteiger partial charge >= 0.3 is 0 Å². The fraction of sp³-hybridized carbons (Fsp3) is 0.345. The van der Waals surface area contributed by atoms with Crippen LogP contribution < -0.4 is 10.9 Å². The van der Waals surface area contributed by atoms with E-state index in [0.29, 0.717) is 24.6 Å². The maximum Gasteiger partial charge on any atom is 0.254 e. The molecule has 6 nitrogen and oxygen atoms in total. The second kappa shape index (κ2) is 10.3. The van der Waals surface area contributed by atoms with Crippen molar-refractivity contribution in [2.75, 3.05) is 0 Å². The van der Waals surface area contributed by atoms with E-state index in [-0.39, 0.29) is 23.4 Å². The summed E-state index contributed by atoms with van der Waals surface area (Å²) in [6.45, 7) is 0.914. The first-order valence-corrected chi connectivity index (χ1v) is 12.5. The van der Waals surface area contributed by atoms with Gasteiger partial charge in [-0.3, -0.25) is 14.4 Å². The summed E-state index contributed by atoms with van der Waals surface area (Å²) >= 11 is 0. The molecular weight excluding hydrogens is 438 g/mol. The molecule has 1 aromatic heterocycles. The molecule has 1 N–H and O–H groups in total. The van der Waals surface area contributed by atoms with Gasteiger partial charge in [0.25, 0.3) is 11.5 Å². The Morgan fingerprint density at radius 3 is 2.34 bits per heavy atom. The number of carbonyl (C=O) groups excluding carboxylic acids is 2. The van der Waals surface area contributed by atoms with E-state index in [1.807, 2.05) is 65.6 Å². The van der Waals surface area contributed by atoms with Crippen molar-refractivity contribution in [3.63, 3.8) is 0 Å². The topological polar surface area (TPSA) is 71.4 Å². The Bertz CT molecular complexity index is 1240. The number of carbonyl (C=O) groups is 2. The molecule has 6 heteroatoms. The zero-order chi connectivity index (χ0) is 24.2. The van der Waals surface area contributed by atoms with E-state index in [4.69, 9.17) is 0 Å². The highest BCUT2D eigenvalue weighted by Gasteiger charge is 2.47. The van der Waals surface area contributed by atoms with Gasteiger partial charge < -0.3 is 14.8 Å². The van der Waals surface area contributed by atoms with Gasteiger partial charge in [-0.1, -0.05) is 61.4 Å². The molecular formula is C29H31N3O3. The number of nitrogens with one attached hydrogen (secondary N) is 1. The Morgan fingerprint density at radius 2 is 1.57 bits per heavy atom. The lowest BCUT2D eigenvalue weighted by Gasteiger charge is -2.33. The number of nitrogens with zero attached hydrogens (tertiary/aromatic N) is 2. The molecule has 2 amide bonds. The van der Waals surface area contributed by atoms with Gasteiger partial charge in [0.05, 0.1) is 6.54 Å². The first kappa shape index (κ1) is 23.1. The van der Waals surface area contributed by atoms with E-state index < -0.39 is 6.04 Å². The molecule has 2 heterocycles. The quantitative estimate of drug-likeness (QED) is 0.594. The highest BCUT2D eigenvalue weighted by atomic mass is 16.2. The van der Waals surface area contributed by atoms with E-state index in [0.717, 1.165) is 36.8 Å². The van der Waals surface area contributed by atoms with Crippen LogP contribution in [0.2, 0.25) is 0 Å². The summed E-state index contributed by atoms with van der Waals surface area (Å²) in [6, 6.07) is 22.1. The lowest BCUT2D eigenvalue weighted by Crippen LogP contribution is -2.49. The van der Waals surface area contributed by atoms with Crippen LogP contribution >= 0.6 is 0 Å². The zero-order valence-electron chi connectivity index (χ0n) is 19.8. The summed E-state index contributed by atoms with van der Waals surface area (Å²) in [5.74, 6) is 0.275. The molecule has 2 aromatic carbocycles. The highest BCUT2D eigenvalue weighted by molar-refractivity contribution is 5.98. The first-order valence-electron chi connectivity index (χ1n) is 12.5. The number of rotatable bonds is 6. The molecule has 1 aliphatic heterocycles. The third-order valence-electron chi connectivity index (χ3n) is 7.39. The van der Waals surface area contributed by atoms with Crippen LogP contribution in [0.25, 0.3) is 0 Å². The van der Waals surface area contributed by atoms with Crippen LogP contribution in [-0.4, -0.2) is 33.4 Å². The van der Waals surface area contributed by atoms with Gasteiger partial charge in [0.15, 0.2) is 0 Å². The van der Waals surface area contributed by atoms with E-state index in [1.54, 1.807) is 22.9 Å². The predicted octanol–water partition coefficient (Wildman–Crippen LogP) is 3.99. The van der Waals surface area contributed by atoms with Gasteiger partial charge in [-0.15, -0.1) is 0 Å². The molecule has 3 aromatic rings. The summed E-state index contributed by atoms with van der Waals surface area (Å²) in [6.07, 6.45) is 6.84. The van der Waals surface area contributed by atoms with E-state index in [9.17, 15) is 14.4 Å². The van der Waals surface area contributed by atoms with Crippen LogP contribution in [0, 0.1) is 5.92 Å². The molecule has 1 aliphatic carbocycles. The Kier molecular flexibility index (Phi) is 6.80. The average molecular weight is 470 g/mol. The van der Waals surface area contributed by atoms with Crippen LogP contribution in [0.4, 0.5) is 0 Å². The van der Waals surface area contributed by atoms with Crippen molar-refractivity contribution in [2.45, 2.75) is 57.3 Å². The third kappa shape index (κ3) is 5.06. The van der Waals surface area contributed by atoms with Gasteiger partial charge in [0.2, 0.25) is 5.91 Å². The highest BCUT2D eigenvalue weighted by Crippen LogP contribution is 2.40. The van der Waals surface area contributed by atoms with Crippen molar-refractivity contribution in [3.8, 4) is 0 Å². The second-order valence-corrected chi connectivity index (χ2v) is 9.64. The minimum Gasteiger partial charge on any atom is -0.350 e. The molecule has 1 saturated heterocycles. The summed E-state index contributed by atoms with van der Waals surface area (Å²) in [7, 11) is 0. The van der Waals surface area contributed by atoms with Crippen molar-refractivity contribution >= 4 is 11.8 Å². The smallest absolute Gasteiger partial charge is 0.254 e. The molecule has 2 fully saturated rings. The van der Waals surface area contributed by atoms with Crippen molar-refractivity contribution in [1.29, 1.82) is 0 Å². The Hall–Kier alpha value is -3.67. The standard InChI is InChI=1S/C29H31N3O3/c33-27-12-6-7-17-31(27)20-22-15-13-21(14-16-22)19-30-28(34)26-18-24-10-4-5-11-25(24)32(26)29(35)23-8-2-1-3-9-23/h1-3,6-9,12-17,24-26H,4-5,10-11,18-20H2,(H,30,34). The number of fused-ring (bicyclic) bond motifs is 1. The maximum atomic E-state index is 13.4. The van der Waals surface area contributed by atoms with E-state index in [2.05, 4.69) is 5.32 Å². The van der Waals surface area contributed by atoms with Crippen molar-refractivity contribution in [3.05, 3.63) is 106 Å². The molecule has 0 spiro atoms. The van der Waals surface area contributed by atoms with Gasteiger partial charge in [0, 0.05) is 30.4 Å². The molecule has 0 bridgehead atoms. The molecule has 0 radical (unpaired) electrons. The SMILES string of the molecule is O=C(NCc1ccc(Cn2ccccc2=O)cc1)C1CC2CCCCC2N1C(=O)c1ccccc1. The Morgan fingerprint density at radius 1 is 0.857 bits per heavy atom. The monoisotopic (exact) mass is 469 g/mol. The van der Waals surface area contributed by atoms with E-state index in [1.165, 1.54) is 6.42 Å². The summed E-state index contributed by atoms with van der Waals surface area (Å²) in [5.41, 5.74) is 2.62. The van der Waals surface area contributed by atoms with Crippen LogP contribution in [-0.2, 0) is 17.9 Å². The number of hydrogen-bond donors (Lipinski definition) is 1. The van der Waals surface area contributed by atoms with Gasteiger partial charge in [-0.05, 0) is 54.5 Å². The van der Waals surface area contributed by atoms with Crippen LogP contribution in [0.15, 0.2) is 83.8 Å². The Balaban J connectivity index is 1.25. The van der Waals surface area contributed by atoms with E-state index >= 15 is 0 Å². The van der Waals surface area contributed by atoms with Crippen molar-refractivity contribution in [1.82, 2.24) is 14.8 Å². The Labute approximate surface area is 205 Å². The number of amides is 2. The predicted molar refractivity (Wildman–Crippen MR) is 135 cm³/mol. The largest absolute Gasteiger partial charge is 0.350 e. The number of aromatic nitrogens is 1. The molecule has 3 unspecified atom stereocenters. The fourth-order valence-electron chi connectivity index (χ4n) is 5.57. The van der Waals surface area contributed by atoms with Crippen LogP contribution in [0.1, 0.15) is 53.6 Å². The molecule has 180 valence electrons. The molecule has 35 heavy (non-hydrogen) atoms. The summed E-state index contributed by atoms with van der Waals surface area (Å²) in [5, 5.41) is 3.08. The van der Waals surface area contributed by atoms with Gasteiger partial charge in [-0.2, -0.15) is 0 Å². The fourth-order valence-corrected chi connectivity index (χ4v) is 5.57. The normalized spacial score (nSPS) is 21.4. The van der Waals surface area contributed by atoms with Gasteiger partial charge in [0.1, 0.15) is 6.04 Å². The summed E-state index contributed by atoms with van der Waals surface area (Å²) < 4.78 is 1.66. The lowest BCUT2D eigenvalue weighted by molar-refractivity contribution is -0.125. The molecule has 5 rings (SSSR count). The maximum absolute atomic E-state index is 13.4. The number of hydrogen-bond acceptors (Lipinski definition) is 3. The molecule has 1 saturated carbocycles. The zero-order valence-corrected chi connectivity index (χ0v) is 19.8. The molecule has 2 aliphatic rings. The number of benzene rings is 2. The van der Waals surface area contributed by atoms with Crippen LogP contribution in [0.5, 0.6) is 0 Å². The van der Waals surface area contributed by atoms with Crippen molar-refractivity contribution in [2.24, 2.45) is 5.92 Å². The molecule has 3 atom stereocenters. The summed E-state index contributed by atoms with van der Waals surface area (Å²) in [4.78, 5) is 40.5. The number of pyridine rings is 1. The van der Waals surface area contributed by atoms with Crippen LogP contribution in [0.3, 0.4) is 0 Å². The van der Waals surface area contributed by atoms with Gasteiger partial charge in [-0.25, -0.2) is 0 Å². The second-order valence-electron chi connectivity index (χ2n) is 9.64.